The molecule has 0 aromatic heterocycles. The van der Waals surface area contributed by atoms with Gasteiger partial charge < -0.3 is 20.4 Å². The van der Waals surface area contributed by atoms with Gasteiger partial charge in [-0.25, -0.2) is 9.18 Å². The highest BCUT2D eigenvalue weighted by Gasteiger charge is 2.25. The van der Waals surface area contributed by atoms with Gasteiger partial charge in [0.1, 0.15) is 17.3 Å². The van der Waals surface area contributed by atoms with E-state index in [-0.39, 0.29) is 29.3 Å². The van der Waals surface area contributed by atoms with Gasteiger partial charge in [0.05, 0.1) is 6.04 Å². The van der Waals surface area contributed by atoms with Gasteiger partial charge in [-0.05, 0) is 55.0 Å². The molecular weight excluding hydrogens is 351 g/mol. The van der Waals surface area contributed by atoms with Gasteiger partial charge >= 0.3 is 6.09 Å². The molecule has 0 bridgehead atoms. The third-order valence-corrected chi connectivity index (χ3v) is 4.82. The molecule has 6 nitrogen and oxygen atoms in total. The number of phenolic OH excluding ortho intramolecular Hbond substituents is 2. The number of nitrogens with zero attached hydrogens (tertiary/aromatic N) is 1. The van der Waals surface area contributed by atoms with E-state index in [0.29, 0.717) is 13.1 Å². The Morgan fingerprint density at radius 3 is 2.48 bits per heavy atom. The zero-order valence-corrected chi connectivity index (χ0v) is 15.1. The molecule has 0 saturated carbocycles. The Morgan fingerprint density at radius 1 is 1.19 bits per heavy atom. The van der Waals surface area contributed by atoms with Crippen LogP contribution in [0.4, 0.5) is 9.18 Å². The molecule has 0 radical (unpaired) electrons. The maximum absolute atomic E-state index is 13.0. The monoisotopic (exact) mass is 374 g/mol. The average Bonchev–Trinajstić information content (AvgIpc) is 2.63. The van der Waals surface area contributed by atoms with Gasteiger partial charge in [-0.3, -0.25) is 0 Å². The molecule has 1 amide bonds. The Labute approximate surface area is 157 Å². The number of amides is 1. The van der Waals surface area contributed by atoms with E-state index in [4.69, 9.17) is 4.84 Å². The Kier molecular flexibility index (Phi) is 5.81. The number of carbonyl (C=O) groups is 1. The first kappa shape index (κ1) is 19.0. The number of hydrogen-bond acceptors (Lipinski definition) is 5. The van der Waals surface area contributed by atoms with E-state index in [9.17, 15) is 19.4 Å². The molecule has 27 heavy (non-hydrogen) atoms. The van der Waals surface area contributed by atoms with Gasteiger partial charge in [0.2, 0.25) is 0 Å². The van der Waals surface area contributed by atoms with Crippen LogP contribution in [0.25, 0.3) is 0 Å². The van der Waals surface area contributed by atoms with Crippen LogP contribution in [0.2, 0.25) is 0 Å². The van der Waals surface area contributed by atoms with Gasteiger partial charge in [-0.2, -0.15) is 0 Å². The van der Waals surface area contributed by atoms with Crippen molar-refractivity contribution in [2.75, 3.05) is 13.1 Å². The molecule has 2 aromatic rings. The molecule has 1 aliphatic heterocycles. The lowest BCUT2D eigenvalue weighted by atomic mass is 9.89. The van der Waals surface area contributed by atoms with Crippen molar-refractivity contribution in [3.05, 3.63) is 59.4 Å². The molecule has 0 unspecified atom stereocenters. The number of benzene rings is 2. The van der Waals surface area contributed by atoms with Crippen molar-refractivity contribution < 1.29 is 24.2 Å². The van der Waals surface area contributed by atoms with Crippen LogP contribution in [-0.2, 0) is 4.84 Å². The Hall–Kier alpha value is -2.80. The maximum atomic E-state index is 13.0. The Morgan fingerprint density at radius 2 is 1.85 bits per heavy atom. The molecule has 1 heterocycles. The molecule has 3 N–H and O–H groups in total. The molecule has 1 saturated heterocycles. The molecule has 0 aliphatic carbocycles. The summed E-state index contributed by atoms with van der Waals surface area (Å²) >= 11 is 0. The number of rotatable bonds is 4. The van der Waals surface area contributed by atoms with Crippen molar-refractivity contribution in [3.8, 4) is 11.5 Å². The number of piperidine rings is 1. The SMILES string of the molecule is C[C@H](NC(=O)ON1CCC(c2ccc(O)cc2O)CC1)c1ccc(F)cc1. The van der Waals surface area contributed by atoms with E-state index >= 15 is 0 Å². The molecule has 1 aliphatic rings. The van der Waals surface area contributed by atoms with Crippen molar-refractivity contribution in [2.24, 2.45) is 0 Å². The summed E-state index contributed by atoms with van der Waals surface area (Å²) in [7, 11) is 0. The van der Waals surface area contributed by atoms with Crippen LogP contribution >= 0.6 is 0 Å². The summed E-state index contributed by atoms with van der Waals surface area (Å²) in [6.07, 6.45) is 0.885. The number of hydroxylamine groups is 2. The van der Waals surface area contributed by atoms with Crippen LogP contribution in [0, 0.1) is 5.82 Å². The van der Waals surface area contributed by atoms with E-state index in [1.54, 1.807) is 36.3 Å². The molecule has 144 valence electrons. The van der Waals surface area contributed by atoms with Crippen LogP contribution in [0.15, 0.2) is 42.5 Å². The molecule has 0 spiro atoms. The quantitative estimate of drug-likeness (QED) is 0.758. The fourth-order valence-corrected chi connectivity index (χ4v) is 3.29. The van der Waals surface area contributed by atoms with Crippen LogP contribution < -0.4 is 5.32 Å². The summed E-state index contributed by atoms with van der Waals surface area (Å²) in [5.74, 6) is -0.0630. The Bertz CT molecular complexity index is 789. The number of nitrogens with one attached hydrogen (secondary N) is 1. The zero-order valence-electron chi connectivity index (χ0n) is 15.1. The molecule has 3 rings (SSSR count). The van der Waals surface area contributed by atoms with Crippen molar-refractivity contribution in [1.82, 2.24) is 10.4 Å². The minimum Gasteiger partial charge on any atom is -0.508 e. The van der Waals surface area contributed by atoms with Gasteiger partial charge in [-0.1, -0.05) is 18.2 Å². The second-order valence-electron chi connectivity index (χ2n) is 6.74. The third kappa shape index (κ3) is 4.89. The summed E-state index contributed by atoms with van der Waals surface area (Å²) in [4.78, 5) is 17.4. The first-order valence-corrected chi connectivity index (χ1v) is 8.93. The van der Waals surface area contributed by atoms with Crippen LogP contribution in [0.5, 0.6) is 11.5 Å². The van der Waals surface area contributed by atoms with E-state index in [1.165, 1.54) is 18.2 Å². The van der Waals surface area contributed by atoms with Crippen LogP contribution in [0.3, 0.4) is 0 Å². The second-order valence-corrected chi connectivity index (χ2v) is 6.74. The molecule has 1 fully saturated rings. The first-order chi connectivity index (χ1) is 12.9. The smallest absolute Gasteiger partial charge is 0.426 e. The molecule has 7 heteroatoms. The second kappa shape index (κ2) is 8.26. The highest BCUT2D eigenvalue weighted by Crippen LogP contribution is 2.35. The lowest BCUT2D eigenvalue weighted by Crippen LogP contribution is -2.39. The standard InChI is InChI=1S/C20H23FN2O4/c1-13(14-2-4-16(21)5-3-14)22-20(26)27-23-10-8-15(9-11-23)18-7-6-17(24)12-19(18)25/h2-7,12-13,15,24-25H,8-11H2,1H3,(H,22,26)/t13-/m0/s1. The summed E-state index contributed by atoms with van der Waals surface area (Å²) < 4.78 is 13.0. The highest BCUT2D eigenvalue weighted by molar-refractivity contribution is 5.67. The molecular formula is C20H23FN2O4. The normalized spacial score (nSPS) is 16.7. The summed E-state index contributed by atoms with van der Waals surface area (Å²) in [5.41, 5.74) is 1.58. The average molecular weight is 374 g/mol. The lowest BCUT2D eigenvalue weighted by Gasteiger charge is -2.31. The van der Waals surface area contributed by atoms with Gasteiger partial charge in [0, 0.05) is 19.2 Å². The van der Waals surface area contributed by atoms with Crippen LogP contribution in [-0.4, -0.2) is 34.5 Å². The predicted molar refractivity (Wildman–Crippen MR) is 97.8 cm³/mol. The van der Waals surface area contributed by atoms with Gasteiger partial charge in [0.25, 0.3) is 0 Å². The molecule has 1 atom stereocenters. The fraction of sp³-hybridized carbons (Fsp3) is 0.350. The zero-order chi connectivity index (χ0) is 19.4. The van der Waals surface area contributed by atoms with Crippen LogP contribution in [0.1, 0.15) is 42.9 Å². The van der Waals surface area contributed by atoms with Gasteiger partial charge in [0.15, 0.2) is 0 Å². The number of hydrogen-bond donors (Lipinski definition) is 3. The number of phenols is 2. The van der Waals surface area contributed by atoms with E-state index < -0.39 is 6.09 Å². The Balaban J connectivity index is 1.48. The lowest BCUT2D eigenvalue weighted by molar-refractivity contribution is -0.114. The first-order valence-electron chi connectivity index (χ1n) is 8.93. The van der Waals surface area contributed by atoms with E-state index in [2.05, 4.69) is 5.32 Å². The molecule has 2 aromatic carbocycles. The summed E-state index contributed by atoms with van der Waals surface area (Å²) in [5, 5.41) is 23.7. The number of halogens is 1. The topological polar surface area (TPSA) is 82.0 Å². The van der Waals surface area contributed by atoms with E-state index in [1.807, 2.05) is 0 Å². The van der Waals surface area contributed by atoms with Gasteiger partial charge in [-0.15, -0.1) is 5.06 Å². The third-order valence-electron chi connectivity index (χ3n) is 4.82. The van der Waals surface area contributed by atoms with Crippen molar-refractivity contribution >= 4 is 6.09 Å². The minimum atomic E-state index is -0.558. The number of carbonyl (C=O) groups excluding carboxylic acids is 1. The van der Waals surface area contributed by atoms with E-state index in [0.717, 1.165) is 24.0 Å². The largest absolute Gasteiger partial charge is 0.508 e. The fourth-order valence-electron chi connectivity index (χ4n) is 3.29. The van der Waals surface area contributed by atoms with Crippen molar-refractivity contribution in [1.29, 1.82) is 0 Å². The maximum Gasteiger partial charge on any atom is 0.426 e. The number of aromatic hydroxyl groups is 2. The summed E-state index contributed by atoms with van der Waals surface area (Å²) in [6, 6.07) is 10.3. The minimum absolute atomic E-state index is 0.0314. The summed E-state index contributed by atoms with van der Waals surface area (Å²) in [6.45, 7) is 2.89. The highest BCUT2D eigenvalue weighted by atomic mass is 19.1. The van der Waals surface area contributed by atoms with Crippen molar-refractivity contribution in [2.45, 2.75) is 31.7 Å². The van der Waals surface area contributed by atoms with Crippen molar-refractivity contribution in [3.63, 3.8) is 0 Å². The predicted octanol–water partition coefficient (Wildman–Crippen LogP) is 3.82.